The second-order valence-electron chi connectivity index (χ2n) is 7.74. The number of amides is 1. The highest BCUT2D eigenvalue weighted by atomic mass is 79.9. The Labute approximate surface area is 196 Å². The number of hydrogen-bond acceptors (Lipinski definition) is 3. The molecular formula is C24H24BrFN2O3S. The van der Waals surface area contributed by atoms with Gasteiger partial charge in [-0.15, -0.1) is 0 Å². The lowest BCUT2D eigenvalue weighted by molar-refractivity contribution is -0.114. The molecule has 5 nitrogen and oxygen atoms in total. The first kappa shape index (κ1) is 23.9. The van der Waals surface area contributed by atoms with Gasteiger partial charge in [0.2, 0.25) is 5.91 Å². The number of aryl methyl sites for hydroxylation is 1. The highest BCUT2D eigenvalue weighted by Crippen LogP contribution is 2.27. The van der Waals surface area contributed by atoms with Gasteiger partial charge in [-0.3, -0.25) is 9.10 Å². The van der Waals surface area contributed by atoms with Gasteiger partial charge in [-0.2, -0.15) is 0 Å². The van der Waals surface area contributed by atoms with Gasteiger partial charge in [0, 0.05) is 4.47 Å². The molecular weight excluding hydrogens is 495 g/mol. The van der Waals surface area contributed by atoms with Gasteiger partial charge in [-0.05, 0) is 60.9 Å². The van der Waals surface area contributed by atoms with Crippen LogP contribution >= 0.6 is 15.9 Å². The zero-order valence-electron chi connectivity index (χ0n) is 18.0. The van der Waals surface area contributed by atoms with Crippen LogP contribution in [0.1, 0.15) is 30.9 Å². The Bertz CT molecular complexity index is 1210. The molecule has 0 spiro atoms. The molecule has 1 amide bonds. The van der Waals surface area contributed by atoms with E-state index < -0.39 is 28.3 Å². The van der Waals surface area contributed by atoms with E-state index in [0.717, 1.165) is 15.4 Å². The molecule has 0 saturated heterocycles. The fraction of sp³-hybridized carbons (Fsp3) is 0.208. The van der Waals surface area contributed by atoms with E-state index in [1.54, 1.807) is 30.3 Å². The number of anilines is 2. The quantitative estimate of drug-likeness (QED) is 0.426. The van der Waals surface area contributed by atoms with E-state index in [9.17, 15) is 17.6 Å². The van der Waals surface area contributed by atoms with Crippen LogP contribution in [0.3, 0.4) is 0 Å². The summed E-state index contributed by atoms with van der Waals surface area (Å²) in [5.41, 5.74) is 2.28. The largest absolute Gasteiger partial charge is 0.322 e. The third-order valence-corrected chi connectivity index (χ3v) is 7.23. The Morgan fingerprint density at radius 3 is 2.22 bits per heavy atom. The van der Waals surface area contributed by atoms with Gasteiger partial charge in [0.25, 0.3) is 10.0 Å². The minimum absolute atomic E-state index is 0.0268. The lowest BCUT2D eigenvalue weighted by atomic mass is 10.0. The predicted molar refractivity (Wildman–Crippen MR) is 129 cm³/mol. The smallest absolute Gasteiger partial charge is 0.264 e. The molecule has 0 heterocycles. The number of halogens is 2. The lowest BCUT2D eigenvalue weighted by Crippen LogP contribution is -2.38. The predicted octanol–water partition coefficient (Wildman–Crippen LogP) is 5.85. The van der Waals surface area contributed by atoms with Gasteiger partial charge < -0.3 is 5.32 Å². The van der Waals surface area contributed by atoms with Crippen LogP contribution in [0.4, 0.5) is 15.8 Å². The maximum absolute atomic E-state index is 14.2. The van der Waals surface area contributed by atoms with Gasteiger partial charge in [-0.25, -0.2) is 12.8 Å². The van der Waals surface area contributed by atoms with Crippen molar-refractivity contribution in [2.45, 2.75) is 31.6 Å². The number of rotatable bonds is 7. The van der Waals surface area contributed by atoms with Crippen LogP contribution in [0.2, 0.25) is 0 Å². The third-order valence-electron chi connectivity index (χ3n) is 4.95. The minimum atomic E-state index is -4.04. The van der Waals surface area contributed by atoms with E-state index >= 15 is 0 Å². The summed E-state index contributed by atoms with van der Waals surface area (Å²) in [7, 11) is -4.04. The highest BCUT2D eigenvalue weighted by molar-refractivity contribution is 9.10. The molecule has 0 aliphatic rings. The molecule has 0 aromatic heterocycles. The van der Waals surface area contributed by atoms with Gasteiger partial charge >= 0.3 is 0 Å². The van der Waals surface area contributed by atoms with Crippen molar-refractivity contribution >= 4 is 43.2 Å². The Balaban J connectivity index is 1.96. The van der Waals surface area contributed by atoms with Crippen molar-refractivity contribution in [3.63, 3.8) is 0 Å². The summed E-state index contributed by atoms with van der Waals surface area (Å²) in [6, 6.07) is 17.7. The molecule has 0 unspecified atom stereocenters. The molecule has 0 fully saturated rings. The molecule has 3 aromatic carbocycles. The Morgan fingerprint density at radius 2 is 1.66 bits per heavy atom. The summed E-state index contributed by atoms with van der Waals surface area (Å²) < 4.78 is 42.6. The van der Waals surface area contributed by atoms with Gasteiger partial charge in [0.1, 0.15) is 12.4 Å². The van der Waals surface area contributed by atoms with E-state index in [4.69, 9.17) is 0 Å². The molecule has 168 valence electrons. The molecule has 32 heavy (non-hydrogen) atoms. The fourth-order valence-corrected chi connectivity index (χ4v) is 4.84. The fourth-order valence-electron chi connectivity index (χ4n) is 3.09. The molecule has 3 aromatic rings. The van der Waals surface area contributed by atoms with Crippen LogP contribution in [-0.4, -0.2) is 20.9 Å². The van der Waals surface area contributed by atoms with Crippen molar-refractivity contribution in [3.05, 3.63) is 88.1 Å². The lowest BCUT2D eigenvalue weighted by Gasteiger charge is -2.24. The molecule has 0 bridgehead atoms. The Kier molecular flexibility index (Phi) is 7.36. The van der Waals surface area contributed by atoms with E-state index in [2.05, 4.69) is 21.2 Å². The number of nitrogens with zero attached hydrogens (tertiary/aromatic N) is 1. The number of benzene rings is 3. The normalized spacial score (nSPS) is 11.4. The van der Waals surface area contributed by atoms with E-state index in [0.29, 0.717) is 10.2 Å². The number of carbonyl (C=O) groups is 1. The zero-order chi connectivity index (χ0) is 23.5. The average Bonchev–Trinajstić information content (AvgIpc) is 2.74. The standard InChI is InChI=1S/C24H24BrFN2O3S/c1-16(2)18-6-9-20(10-7-18)28(32(30,31)21-11-4-17(3)5-12-21)15-24(29)27-23-13-8-19(25)14-22(23)26/h4-14,16H,15H2,1-3H3,(H,27,29). The second-order valence-corrected chi connectivity index (χ2v) is 10.5. The molecule has 1 N–H and O–H groups in total. The molecule has 0 aliphatic carbocycles. The number of carbonyl (C=O) groups excluding carboxylic acids is 1. The summed E-state index contributed by atoms with van der Waals surface area (Å²) in [5.74, 6) is -1.01. The van der Waals surface area contributed by atoms with Gasteiger partial charge in [0.05, 0.1) is 16.3 Å². The molecule has 0 radical (unpaired) electrons. The third kappa shape index (κ3) is 5.55. The topological polar surface area (TPSA) is 66.5 Å². The van der Waals surface area contributed by atoms with Crippen LogP contribution in [0.5, 0.6) is 0 Å². The first-order chi connectivity index (χ1) is 15.1. The summed E-state index contributed by atoms with van der Waals surface area (Å²) in [4.78, 5) is 12.8. The monoisotopic (exact) mass is 518 g/mol. The summed E-state index contributed by atoms with van der Waals surface area (Å²) in [6.07, 6.45) is 0. The highest BCUT2D eigenvalue weighted by Gasteiger charge is 2.27. The average molecular weight is 519 g/mol. The first-order valence-electron chi connectivity index (χ1n) is 10.0. The van der Waals surface area contributed by atoms with Crippen LogP contribution < -0.4 is 9.62 Å². The molecule has 8 heteroatoms. The summed E-state index contributed by atoms with van der Waals surface area (Å²) in [5, 5.41) is 2.46. The number of nitrogens with one attached hydrogen (secondary N) is 1. The Morgan fingerprint density at radius 1 is 1.03 bits per heavy atom. The van der Waals surface area contributed by atoms with E-state index in [1.165, 1.54) is 24.3 Å². The maximum Gasteiger partial charge on any atom is 0.264 e. The van der Waals surface area contributed by atoms with Crippen molar-refractivity contribution in [1.82, 2.24) is 0 Å². The summed E-state index contributed by atoms with van der Waals surface area (Å²) >= 11 is 3.17. The number of hydrogen-bond donors (Lipinski definition) is 1. The summed E-state index contributed by atoms with van der Waals surface area (Å²) in [6.45, 7) is 5.43. The first-order valence-corrected chi connectivity index (χ1v) is 12.3. The van der Waals surface area contributed by atoms with Gasteiger partial charge in [-0.1, -0.05) is 59.6 Å². The van der Waals surface area contributed by atoms with Gasteiger partial charge in [0.15, 0.2) is 0 Å². The molecule has 3 rings (SSSR count). The van der Waals surface area contributed by atoms with Crippen LogP contribution in [-0.2, 0) is 14.8 Å². The van der Waals surface area contributed by atoms with Crippen molar-refractivity contribution in [2.75, 3.05) is 16.2 Å². The minimum Gasteiger partial charge on any atom is -0.322 e. The van der Waals surface area contributed by atoms with E-state index in [-0.39, 0.29) is 16.5 Å². The molecule has 0 aliphatic heterocycles. The van der Waals surface area contributed by atoms with Crippen molar-refractivity contribution in [2.24, 2.45) is 0 Å². The molecule has 0 atom stereocenters. The Hall–Kier alpha value is -2.71. The van der Waals surface area contributed by atoms with E-state index in [1.807, 2.05) is 32.9 Å². The zero-order valence-corrected chi connectivity index (χ0v) is 20.4. The van der Waals surface area contributed by atoms with Crippen molar-refractivity contribution in [3.8, 4) is 0 Å². The SMILES string of the molecule is Cc1ccc(S(=O)(=O)N(CC(=O)Nc2ccc(Br)cc2F)c2ccc(C(C)C)cc2)cc1. The van der Waals surface area contributed by atoms with Crippen LogP contribution in [0.25, 0.3) is 0 Å². The van der Waals surface area contributed by atoms with Crippen molar-refractivity contribution in [1.29, 1.82) is 0 Å². The maximum atomic E-state index is 14.2. The van der Waals surface area contributed by atoms with Crippen LogP contribution in [0.15, 0.2) is 76.1 Å². The number of sulfonamides is 1. The van der Waals surface area contributed by atoms with Crippen LogP contribution in [0, 0.1) is 12.7 Å². The molecule has 0 saturated carbocycles. The van der Waals surface area contributed by atoms with Crippen molar-refractivity contribution < 1.29 is 17.6 Å². The second kappa shape index (κ2) is 9.83.